The van der Waals surface area contributed by atoms with E-state index >= 15 is 0 Å². The predicted molar refractivity (Wildman–Crippen MR) is 334 cm³/mol. The first-order valence-electron chi connectivity index (χ1n) is 31.0. The maximum atomic E-state index is 12.8. The number of hydrogen-bond donors (Lipinski definition) is 0. The van der Waals surface area contributed by atoms with Crippen LogP contribution in [0.3, 0.4) is 0 Å². The van der Waals surface area contributed by atoms with E-state index in [0.717, 1.165) is 161 Å². The van der Waals surface area contributed by atoms with Gasteiger partial charge in [-0.3, -0.25) is 14.4 Å². The first-order chi connectivity index (χ1) is 38.0. The van der Waals surface area contributed by atoms with E-state index in [2.05, 4.69) is 179 Å². The topological polar surface area (TPSA) is 78.9 Å². The van der Waals surface area contributed by atoms with E-state index in [1.165, 1.54) is 51.4 Å². The van der Waals surface area contributed by atoms with E-state index in [0.29, 0.717) is 19.3 Å². The van der Waals surface area contributed by atoms with E-state index in [-0.39, 0.29) is 31.1 Å². The third-order valence-corrected chi connectivity index (χ3v) is 12.5. The lowest BCUT2D eigenvalue weighted by Crippen LogP contribution is -2.30. The van der Waals surface area contributed by atoms with Crippen molar-refractivity contribution >= 4 is 17.9 Å². The van der Waals surface area contributed by atoms with Crippen molar-refractivity contribution in [3.05, 3.63) is 158 Å². The molecular formula is C71H112O6. The monoisotopic (exact) mass is 1060 g/mol. The number of ether oxygens (including phenoxy) is 3. The summed E-state index contributed by atoms with van der Waals surface area (Å²) in [6.45, 7) is 6.29. The van der Waals surface area contributed by atoms with Gasteiger partial charge in [0.25, 0.3) is 0 Å². The molecule has 0 saturated heterocycles. The quantitative estimate of drug-likeness (QED) is 0.0261. The SMILES string of the molecule is CC/C=C\C/C=C\C/C=C\C/C=C\C/C=C\C/C=C\C/C=C\C/C=C\C/C=C\CCCCCC(=O)OCC(COC(=O)CCCCCCC)OC(=O)CCCCCCCCCCCC/C=C\C/C=C\C/C=C\C/C=C\CC. The fourth-order valence-electron chi connectivity index (χ4n) is 7.95. The third kappa shape index (κ3) is 61.8. The molecular weight excluding hydrogens is 949 g/mol. The number of unbranched alkanes of at least 4 members (excludes halogenated alkanes) is 17. The van der Waals surface area contributed by atoms with Crippen LogP contribution < -0.4 is 0 Å². The Morgan fingerprint density at radius 2 is 0.506 bits per heavy atom. The molecule has 0 aliphatic carbocycles. The standard InChI is InChI=1S/C71H112O6/c1-4-7-10-13-15-17-19-21-23-25-27-29-31-32-33-34-35-36-37-38-40-41-43-45-47-49-51-53-55-58-61-64-70(73)76-67-68(66-75-69(72)63-60-57-12-9-6-3)77-71(74)65-62-59-56-54-52-50-48-46-44-42-39-30-28-26-24-22-20-18-16-14-11-8-5-2/h7-8,10-11,15-18,21-24,27-30,32-33,35-36,38,40,43,45,49,51,68H,4-6,9,12-14,19-20,25-26,31,34,37,39,41-42,44,46-48,50,52-67H2,1-3H3/b10-7-,11-8-,17-15-,18-16-,23-21-,24-22-,29-27-,30-28-,33-32-,36-35-,40-38-,45-43-,51-49-. The minimum absolute atomic E-state index is 0.0967. The highest BCUT2D eigenvalue weighted by Gasteiger charge is 2.19. The van der Waals surface area contributed by atoms with Crippen LogP contribution in [0.2, 0.25) is 0 Å². The van der Waals surface area contributed by atoms with Crippen LogP contribution in [0.5, 0.6) is 0 Å². The van der Waals surface area contributed by atoms with Crippen molar-refractivity contribution in [1.82, 2.24) is 0 Å². The summed E-state index contributed by atoms with van der Waals surface area (Å²) >= 11 is 0. The van der Waals surface area contributed by atoms with Crippen molar-refractivity contribution < 1.29 is 28.6 Å². The van der Waals surface area contributed by atoms with Gasteiger partial charge >= 0.3 is 17.9 Å². The molecule has 0 bridgehead atoms. The summed E-state index contributed by atoms with van der Waals surface area (Å²) in [5.74, 6) is -0.955. The minimum atomic E-state index is -0.798. The van der Waals surface area contributed by atoms with E-state index < -0.39 is 6.10 Å². The first kappa shape index (κ1) is 72.0. The fourth-order valence-corrected chi connectivity index (χ4v) is 7.95. The second-order valence-electron chi connectivity index (χ2n) is 19.9. The molecule has 0 aliphatic heterocycles. The average molecular weight is 1060 g/mol. The lowest BCUT2D eigenvalue weighted by molar-refractivity contribution is -0.167. The molecule has 0 aromatic rings. The summed E-state index contributed by atoms with van der Waals surface area (Å²) in [7, 11) is 0. The highest BCUT2D eigenvalue weighted by atomic mass is 16.6. The van der Waals surface area contributed by atoms with Crippen LogP contribution in [-0.2, 0) is 28.6 Å². The van der Waals surface area contributed by atoms with Gasteiger partial charge in [0.15, 0.2) is 6.10 Å². The van der Waals surface area contributed by atoms with Gasteiger partial charge in [-0.05, 0) is 128 Å². The minimum Gasteiger partial charge on any atom is -0.462 e. The molecule has 0 saturated carbocycles. The number of rotatable bonds is 54. The van der Waals surface area contributed by atoms with Gasteiger partial charge < -0.3 is 14.2 Å². The largest absolute Gasteiger partial charge is 0.462 e. The van der Waals surface area contributed by atoms with Gasteiger partial charge in [-0.1, -0.05) is 262 Å². The smallest absolute Gasteiger partial charge is 0.306 e. The average Bonchev–Trinajstić information content (AvgIpc) is 3.43. The van der Waals surface area contributed by atoms with Gasteiger partial charge in [-0.15, -0.1) is 0 Å². The second kappa shape index (κ2) is 63.6. The molecule has 0 heterocycles. The van der Waals surface area contributed by atoms with Crippen molar-refractivity contribution in [3.8, 4) is 0 Å². The van der Waals surface area contributed by atoms with Crippen LogP contribution in [0.15, 0.2) is 158 Å². The fraction of sp³-hybridized carbons (Fsp3) is 0.592. The Bertz CT molecular complexity index is 1740. The van der Waals surface area contributed by atoms with E-state index in [1.54, 1.807) is 0 Å². The Balaban J connectivity index is 4.19. The lowest BCUT2D eigenvalue weighted by atomic mass is 10.0. The maximum absolute atomic E-state index is 12.8. The number of carbonyl (C=O) groups is 3. The first-order valence-corrected chi connectivity index (χ1v) is 31.0. The Hall–Kier alpha value is -4.97. The van der Waals surface area contributed by atoms with Crippen molar-refractivity contribution in [1.29, 1.82) is 0 Å². The number of carbonyl (C=O) groups excluding carboxylic acids is 3. The Labute approximate surface area is 473 Å². The van der Waals surface area contributed by atoms with Crippen LogP contribution in [0, 0.1) is 0 Å². The number of esters is 3. The molecule has 77 heavy (non-hydrogen) atoms. The Morgan fingerprint density at radius 1 is 0.273 bits per heavy atom. The molecule has 0 rings (SSSR count). The van der Waals surface area contributed by atoms with E-state index in [4.69, 9.17) is 14.2 Å². The summed E-state index contributed by atoms with van der Waals surface area (Å²) < 4.78 is 16.7. The highest BCUT2D eigenvalue weighted by molar-refractivity contribution is 5.71. The molecule has 6 nitrogen and oxygen atoms in total. The molecule has 0 fully saturated rings. The molecule has 0 spiro atoms. The number of hydrogen-bond acceptors (Lipinski definition) is 6. The van der Waals surface area contributed by atoms with Gasteiger partial charge in [0.1, 0.15) is 13.2 Å². The molecule has 0 aromatic carbocycles. The molecule has 1 atom stereocenters. The Kier molecular flexibility index (Phi) is 59.5. The summed E-state index contributed by atoms with van der Waals surface area (Å²) in [4.78, 5) is 37.9. The summed E-state index contributed by atoms with van der Waals surface area (Å²) in [6.07, 6.45) is 92.9. The second-order valence-corrected chi connectivity index (χ2v) is 19.9. The predicted octanol–water partition coefficient (Wildman–Crippen LogP) is 21.3. The maximum Gasteiger partial charge on any atom is 0.306 e. The van der Waals surface area contributed by atoms with E-state index in [1.807, 2.05) is 0 Å². The van der Waals surface area contributed by atoms with Gasteiger partial charge in [-0.25, -0.2) is 0 Å². The molecule has 432 valence electrons. The summed E-state index contributed by atoms with van der Waals surface area (Å²) in [6, 6.07) is 0. The molecule has 0 aliphatic rings. The van der Waals surface area contributed by atoms with Crippen molar-refractivity contribution in [2.45, 2.75) is 258 Å². The van der Waals surface area contributed by atoms with Crippen LogP contribution in [0.25, 0.3) is 0 Å². The number of allylic oxidation sites excluding steroid dienone is 26. The molecule has 1 unspecified atom stereocenters. The van der Waals surface area contributed by atoms with Gasteiger partial charge in [-0.2, -0.15) is 0 Å². The van der Waals surface area contributed by atoms with Crippen LogP contribution in [0.1, 0.15) is 252 Å². The zero-order valence-electron chi connectivity index (χ0n) is 49.4. The zero-order valence-corrected chi connectivity index (χ0v) is 49.4. The van der Waals surface area contributed by atoms with Gasteiger partial charge in [0, 0.05) is 19.3 Å². The van der Waals surface area contributed by atoms with Crippen molar-refractivity contribution in [3.63, 3.8) is 0 Å². The van der Waals surface area contributed by atoms with Crippen LogP contribution in [-0.4, -0.2) is 37.2 Å². The van der Waals surface area contributed by atoms with Crippen LogP contribution >= 0.6 is 0 Å². The van der Waals surface area contributed by atoms with Crippen molar-refractivity contribution in [2.75, 3.05) is 13.2 Å². The third-order valence-electron chi connectivity index (χ3n) is 12.5. The van der Waals surface area contributed by atoms with Gasteiger partial charge in [0.2, 0.25) is 0 Å². The normalized spacial score (nSPS) is 13.2. The Morgan fingerprint density at radius 3 is 0.805 bits per heavy atom. The molecule has 0 amide bonds. The van der Waals surface area contributed by atoms with Crippen LogP contribution in [0.4, 0.5) is 0 Å². The molecule has 0 radical (unpaired) electrons. The lowest BCUT2D eigenvalue weighted by Gasteiger charge is -2.18. The zero-order chi connectivity index (χ0) is 55.7. The van der Waals surface area contributed by atoms with Gasteiger partial charge in [0.05, 0.1) is 0 Å². The van der Waals surface area contributed by atoms with Crippen molar-refractivity contribution in [2.24, 2.45) is 0 Å². The highest BCUT2D eigenvalue weighted by Crippen LogP contribution is 2.14. The van der Waals surface area contributed by atoms with E-state index in [9.17, 15) is 14.4 Å². The molecule has 6 heteroatoms. The summed E-state index contributed by atoms with van der Waals surface area (Å²) in [5.41, 5.74) is 0. The summed E-state index contributed by atoms with van der Waals surface area (Å²) in [5, 5.41) is 0. The molecule has 0 aromatic heterocycles. The molecule has 0 N–H and O–H groups in total.